The number of aromatic nitrogens is 2. The van der Waals surface area contributed by atoms with Crippen LogP contribution in [-0.4, -0.2) is 15.5 Å². The first-order valence-corrected chi connectivity index (χ1v) is 7.01. The van der Waals surface area contributed by atoms with E-state index >= 15 is 0 Å². The van der Waals surface area contributed by atoms with Gasteiger partial charge in [0.05, 0.1) is 4.88 Å². The number of carbonyl (C=O) groups excluding carboxylic acids is 1. The lowest BCUT2D eigenvalue weighted by Crippen LogP contribution is -2.16. The molecule has 2 aromatic rings. The van der Waals surface area contributed by atoms with Crippen LogP contribution in [-0.2, 0) is 19.9 Å². The van der Waals surface area contributed by atoms with E-state index in [4.69, 9.17) is 0 Å². The van der Waals surface area contributed by atoms with E-state index < -0.39 is 0 Å². The summed E-state index contributed by atoms with van der Waals surface area (Å²) in [5, 5.41) is 4.99. The second-order valence-corrected chi connectivity index (χ2v) is 5.47. The molecule has 5 heteroatoms. The van der Waals surface area contributed by atoms with E-state index in [-0.39, 0.29) is 5.91 Å². The van der Waals surface area contributed by atoms with Crippen LogP contribution in [0.4, 0.5) is 5.95 Å². The van der Waals surface area contributed by atoms with Gasteiger partial charge in [0.25, 0.3) is 5.91 Å². The third-order valence-corrected chi connectivity index (χ3v) is 4.43. The number of anilines is 1. The molecule has 2 aromatic heterocycles. The molecule has 3 rings (SSSR count). The minimum absolute atomic E-state index is 0.0301. The molecule has 18 heavy (non-hydrogen) atoms. The van der Waals surface area contributed by atoms with Gasteiger partial charge in [0.15, 0.2) is 0 Å². The Bertz CT molecular complexity index is 585. The van der Waals surface area contributed by atoms with Crippen molar-refractivity contribution in [1.29, 1.82) is 0 Å². The lowest BCUT2D eigenvalue weighted by atomic mass is 9.94. The predicted molar refractivity (Wildman–Crippen MR) is 72.1 cm³/mol. The van der Waals surface area contributed by atoms with Crippen LogP contribution >= 0.6 is 11.3 Å². The number of hydrogen-bond acceptors (Lipinski definition) is 3. The van der Waals surface area contributed by atoms with Crippen LogP contribution < -0.4 is 5.32 Å². The number of thiophene rings is 1. The minimum atomic E-state index is -0.0301. The van der Waals surface area contributed by atoms with Gasteiger partial charge in [-0.05, 0) is 42.2 Å². The summed E-state index contributed by atoms with van der Waals surface area (Å²) in [6.07, 6.45) is 8.07. The summed E-state index contributed by atoms with van der Waals surface area (Å²) >= 11 is 1.55. The number of amides is 1. The van der Waals surface area contributed by atoms with E-state index in [1.165, 1.54) is 24.0 Å². The number of nitrogens with zero attached hydrogens (tertiary/aromatic N) is 2. The van der Waals surface area contributed by atoms with Crippen molar-refractivity contribution in [3.8, 4) is 0 Å². The minimum Gasteiger partial charge on any atom is -0.320 e. The molecule has 0 unspecified atom stereocenters. The Morgan fingerprint density at radius 2 is 2.28 bits per heavy atom. The topological polar surface area (TPSA) is 46.9 Å². The van der Waals surface area contributed by atoms with Crippen molar-refractivity contribution in [2.75, 3.05) is 5.32 Å². The summed E-state index contributed by atoms with van der Waals surface area (Å²) in [5.74, 6) is 0.565. The molecule has 0 saturated heterocycles. The molecule has 0 bridgehead atoms. The van der Waals surface area contributed by atoms with Crippen molar-refractivity contribution in [3.05, 3.63) is 33.8 Å². The van der Waals surface area contributed by atoms with E-state index in [2.05, 4.69) is 15.7 Å². The summed E-state index contributed by atoms with van der Waals surface area (Å²) in [6, 6.07) is 0. The standard InChI is InChI=1S/C13H15N3OS/c1-16-7-6-14-13(16)15-12(17)11-10-5-3-2-4-9(10)8-18-11/h6-8H,2-5H2,1H3,(H,14,15,17). The number of nitrogens with one attached hydrogen (secondary N) is 1. The van der Waals surface area contributed by atoms with E-state index in [9.17, 15) is 4.79 Å². The van der Waals surface area contributed by atoms with Crippen LogP contribution in [0.5, 0.6) is 0 Å². The molecular weight excluding hydrogens is 246 g/mol. The molecule has 0 atom stereocenters. The lowest BCUT2D eigenvalue weighted by Gasteiger charge is -2.12. The monoisotopic (exact) mass is 261 g/mol. The summed E-state index contributed by atoms with van der Waals surface area (Å²) in [6.45, 7) is 0. The van der Waals surface area contributed by atoms with Crippen LogP contribution in [0.3, 0.4) is 0 Å². The third-order valence-electron chi connectivity index (χ3n) is 3.36. The van der Waals surface area contributed by atoms with Gasteiger partial charge in [-0.1, -0.05) is 0 Å². The number of aryl methyl sites for hydroxylation is 2. The van der Waals surface area contributed by atoms with Gasteiger partial charge in [0, 0.05) is 19.4 Å². The highest BCUT2D eigenvalue weighted by molar-refractivity contribution is 7.12. The molecule has 0 saturated carbocycles. The van der Waals surface area contributed by atoms with Gasteiger partial charge in [-0.25, -0.2) is 4.98 Å². The van der Waals surface area contributed by atoms with E-state index in [1.54, 1.807) is 22.1 Å². The molecule has 0 aromatic carbocycles. The highest BCUT2D eigenvalue weighted by Crippen LogP contribution is 2.30. The van der Waals surface area contributed by atoms with Crippen LogP contribution in [0.1, 0.15) is 33.6 Å². The normalized spacial score (nSPS) is 14.3. The molecule has 1 aliphatic rings. The van der Waals surface area contributed by atoms with E-state index in [0.717, 1.165) is 17.7 Å². The number of imidazole rings is 1. The largest absolute Gasteiger partial charge is 0.320 e. The van der Waals surface area contributed by atoms with Crippen molar-refractivity contribution in [2.45, 2.75) is 25.7 Å². The van der Waals surface area contributed by atoms with Crippen LogP contribution in [0.2, 0.25) is 0 Å². The molecule has 94 valence electrons. The smallest absolute Gasteiger partial charge is 0.268 e. The predicted octanol–water partition coefficient (Wildman–Crippen LogP) is 2.61. The first kappa shape index (κ1) is 11.5. The van der Waals surface area contributed by atoms with E-state index in [0.29, 0.717) is 5.95 Å². The number of carbonyl (C=O) groups is 1. The molecule has 0 fully saturated rings. The first-order chi connectivity index (χ1) is 8.75. The molecule has 2 heterocycles. The Hall–Kier alpha value is -1.62. The Balaban J connectivity index is 1.85. The second-order valence-electron chi connectivity index (χ2n) is 4.59. The van der Waals surface area contributed by atoms with Gasteiger partial charge in [0.2, 0.25) is 5.95 Å². The van der Waals surface area contributed by atoms with Crippen molar-refractivity contribution in [2.24, 2.45) is 7.05 Å². The summed E-state index contributed by atoms with van der Waals surface area (Å²) < 4.78 is 1.80. The highest BCUT2D eigenvalue weighted by atomic mass is 32.1. The molecule has 1 amide bonds. The molecular formula is C13H15N3OS. The summed E-state index contributed by atoms with van der Waals surface area (Å²) in [5.41, 5.74) is 2.61. The van der Waals surface area contributed by atoms with Crippen LogP contribution in [0.15, 0.2) is 17.8 Å². The first-order valence-electron chi connectivity index (χ1n) is 6.13. The molecule has 0 spiro atoms. The maximum Gasteiger partial charge on any atom is 0.268 e. The highest BCUT2D eigenvalue weighted by Gasteiger charge is 2.20. The Labute approximate surface area is 110 Å². The van der Waals surface area contributed by atoms with Gasteiger partial charge < -0.3 is 4.57 Å². The number of hydrogen-bond donors (Lipinski definition) is 1. The van der Waals surface area contributed by atoms with Gasteiger partial charge in [-0.2, -0.15) is 0 Å². The Morgan fingerprint density at radius 3 is 3.06 bits per heavy atom. The maximum absolute atomic E-state index is 12.2. The van der Waals surface area contributed by atoms with Gasteiger partial charge in [-0.3, -0.25) is 10.1 Å². The summed E-state index contributed by atoms with van der Waals surface area (Å²) in [7, 11) is 1.87. The van der Waals surface area contributed by atoms with Crippen molar-refractivity contribution < 1.29 is 4.79 Å². The molecule has 0 aliphatic heterocycles. The fraction of sp³-hybridized carbons (Fsp3) is 0.385. The zero-order valence-corrected chi connectivity index (χ0v) is 11.1. The Kier molecular flexibility index (Phi) is 2.91. The SMILES string of the molecule is Cn1ccnc1NC(=O)c1scc2c1CCCC2. The van der Waals surface area contributed by atoms with Gasteiger partial charge in [-0.15, -0.1) is 11.3 Å². The molecule has 1 aliphatic carbocycles. The summed E-state index contributed by atoms with van der Waals surface area (Å²) in [4.78, 5) is 17.2. The van der Waals surface area contributed by atoms with Crippen molar-refractivity contribution >= 4 is 23.2 Å². The van der Waals surface area contributed by atoms with Crippen molar-refractivity contribution in [3.63, 3.8) is 0 Å². The zero-order valence-electron chi connectivity index (χ0n) is 10.3. The average molecular weight is 261 g/mol. The average Bonchev–Trinajstić information content (AvgIpc) is 2.96. The molecule has 4 nitrogen and oxygen atoms in total. The fourth-order valence-corrected chi connectivity index (χ4v) is 3.41. The van der Waals surface area contributed by atoms with Gasteiger partial charge >= 0.3 is 0 Å². The number of rotatable bonds is 2. The van der Waals surface area contributed by atoms with Crippen LogP contribution in [0.25, 0.3) is 0 Å². The van der Waals surface area contributed by atoms with Gasteiger partial charge in [0.1, 0.15) is 0 Å². The Morgan fingerprint density at radius 1 is 1.44 bits per heavy atom. The van der Waals surface area contributed by atoms with Crippen molar-refractivity contribution in [1.82, 2.24) is 9.55 Å². The number of fused-ring (bicyclic) bond motifs is 1. The second kappa shape index (κ2) is 4.57. The zero-order chi connectivity index (χ0) is 12.5. The van der Waals surface area contributed by atoms with Crippen LogP contribution in [0, 0.1) is 0 Å². The fourth-order valence-electron chi connectivity index (χ4n) is 2.35. The van der Waals surface area contributed by atoms with E-state index in [1.807, 2.05) is 13.2 Å². The molecule has 1 N–H and O–H groups in total. The molecule has 0 radical (unpaired) electrons. The lowest BCUT2D eigenvalue weighted by molar-refractivity contribution is 0.102. The maximum atomic E-state index is 12.2. The quantitative estimate of drug-likeness (QED) is 0.903. The third kappa shape index (κ3) is 1.95.